The van der Waals surface area contributed by atoms with Crippen molar-refractivity contribution >= 4 is 16.6 Å². The molecule has 29 heavy (non-hydrogen) atoms. The summed E-state index contributed by atoms with van der Waals surface area (Å²) in [5, 5.41) is 12.1. The summed E-state index contributed by atoms with van der Waals surface area (Å²) in [5.41, 5.74) is 10.9. The Hall–Kier alpha value is -3.84. The van der Waals surface area contributed by atoms with Crippen LogP contribution in [0, 0.1) is 18.3 Å². The molecule has 0 amide bonds. The molecule has 0 aliphatic rings. The highest BCUT2D eigenvalue weighted by Gasteiger charge is 2.23. The van der Waals surface area contributed by atoms with Crippen LogP contribution in [0.3, 0.4) is 0 Å². The third-order valence-electron chi connectivity index (χ3n) is 5.02. The fourth-order valence-electron chi connectivity index (χ4n) is 3.83. The number of aryl methyl sites for hydroxylation is 1. The van der Waals surface area contributed by atoms with Crippen LogP contribution in [0.25, 0.3) is 33.0 Å². The third kappa shape index (κ3) is 3.17. The van der Waals surface area contributed by atoms with Crippen molar-refractivity contribution in [3.05, 3.63) is 78.0 Å². The second kappa shape index (κ2) is 7.65. The molecule has 0 unspecified atom stereocenters. The van der Waals surface area contributed by atoms with Crippen LogP contribution >= 0.6 is 0 Å². The summed E-state index contributed by atoms with van der Waals surface area (Å²) in [6, 6.07) is 24.4. The first-order valence-corrected chi connectivity index (χ1v) is 9.56. The first-order valence-electron chi connectivity index (χ1n) is 9.56. The predicted octanol–water partition coefficient (Wildman–Crippen LogP) is 5.73. The Bertz CT molecular complexity index is 1240. The summed E-state index contributed by atoms with van der Waals surface area (Å²) in [7, 11) is 0. The van der Waals surface area contributed by atoms with Crippen molar-refractivity contribution in [2.24, 2.45) is 0 Å². The average Bonchev–Trinajstić information content (AvgIpc) is 2.74. The van der Waals surface area contributed by atoms with Gasteiger partial charge >= 0.3 is 0 Å². The Balaban J connectivity index is 2.22. The number of nitrogens with zero attached hydrogens (tertiary/aromatic N) is 2. The molecule has 0 saturated carbocycles. The molecular formula is C25H21N3O. The Morgan fingerprint density at radius 1 is 0.931 bits per heavy atom. The minimum absolute atomic E-state index is 0.232. The number of ether oxygens (including phenoxy) is 1. The van der Waals surface area contributed by atoms with Gasteiger partial charge in [0.2, 0.25) is 0 Å². The molecule has 3 aromatic carbocycles. The SMILES string of the molecule is CCOc1ccc2ccccc2c1-c1c(C#N)c(N)nc(C)c1-c1ccccc1. The molecule has 0 aliphatic carbocycles. The topological polar surface area (TPSA) is 71.9 Å². The highest BCUT2D eigenvalue weighted by Crippen LogP contribution is 2.45. The zero-order chi connectivity index (χ0) is 20.4. The number of benzene rings is 3. The van der Waals surface area contributed by atoms with E-state index in [1.54, 1.807) is 0 Å². The molecular weight excluding hydrogens is 358 g/mol. The van der Waals surface area contributed by atoms with Crippen LogP contribution in [-0.4, -0.2) is 11.6 Å². The smallest absolute Gasteiger partial charge is 0.142 e. The second-order valence-electron chi connectivity index (χ2n) is 6.78. The molecule has 1 aromatic heterocycles. The van der Waals surface area contributed by atoms with Crippen molar-refractivity contribution < 1.29 is 4.74 Å². The van der Waals surface area contributed by atoms with Gasteiger partial charge in [0, 0.05) is 22.4 Å². The van der Waals surface area contributed by atoms with Gasteiger partial charge in [0.1, 0.15) is 23.2 Å². The van der Waals surface area contributed by atoms with E-state index in [-0.39, 0.29) is 5.82 Å². The van der Waals surface area contributed by atoms with E-state index in [0.29, 0.717) is 12.2 Å². The van der Waals surface area contributed by atoms with Crippen LogP contribution in [0.5, 0.6) is 5.75 Å². The Labute approximate surface area is 170 Å². The van der Waals surface area contributed by atoms with E-state index in [1.165, 1.54) is 0 Å². The van der Waals surface area contributed by atoms with E-state index in [4.69, 9.17) is 10.5 Å². The van der Waals surface area contributed by atoms with Crippen LogP contribution in [0.4, 0.5) is 5.82 Å². The van der Waals surface area contributed by atoms with Gasteiger partial charge in [-0.1, -0.05) is 60.7 Å². The molecule has 0 atom stereocenters. The molecule has 4 heteroatoms. The maximum Gasteiger partial charge on any atom is 0.142 e. The number of nitriles is 1. The van der Waals surface area contributed by atoms with E-state index in [0.717, 1.165) is 44.5 Å². The van der Waals surface area contributed by atoms with Crippen LogP contribution in [-0.2, 0) is 0 Å². The van der Waals surface area contributed by atoms with Crippen molar-refractivity contribution in [3.63, 3.8) is 0 Å². The first-order chi connectivity index (χ1) is 14.2. The van der Waals surface area contributed by atoms with Gasteiger partial charge in [0.15, 0.2) is 0 Å². The predicted molar refractivity (Wildman–Crippen MR) is 118 cm³/mol. The lowest BCUT2D eigenvalue weighted by Gasteiger charge is -2.20. The lowest BCUT2D eigenvalue weighted by molar-refractivity contribution is 0.342. The number of nitrogens with two attached hydrogens (primary N) is 1. The molecule has 142 valence electrons. The van der Waals surface area contributed by atoms with E-state index in [1.807, 2.05) is 68.4 Å². The number of pyridine rings is 1. The fourth-order valence-corrected chi connectivity index (χ4v) is 3.83. The van der Waals surface area contributed by atoms with Crippen LogP contribution in [0.2, 0.25) is 0 Å². The monoisotopic (exact) mass is 379 g/mol. The number of anilines is 1. The lowest BCUT2D eigenvalue weighted by Crippen LogP contribution is -2.05. The van der Waals surface area contributed by atoms with Crippen LogP contribution in [0.1, 0.15) is 18.2 Å². The minimum atomic E-state index is 0.232. The zero-order valence-electron chi connectivity index (χ0n) is 16.4. The second-order valence-corrected chi connectivity index (χ2v) is 6.78. The standard InChI is InChI=1S/C25H21N3O/c1-3-29-21-14-13-17-9-7-8-12-19(17)23(21)24-20(15-26)25(27)28-16(2)22(24)18-10-5-4-6-11-18/h4-14H,3H2,1-2H3,(H2,27,28). The maximum atomic E-state index is 10.0. The molecule has 0 saturated heterocycles. The number of rotatable bonds is 4. The van der Waals surface area contributed by atoms with Gasteiger partial charge < -0.3 is 10.5 Å². The van der Waals surface area contributed by atoms with Gasteiger partial charge in [0.25, 0.3) is 0 Å². The van der Waals surface area contributed by atoms with Gasteiger partial charge in [-0.05, 0) is 36.2 Å². The molecule has 0 fully saturated rings. The summed E-state index contributed by atoms with van der Waals surface area (Å²) in [4.78, 5) is 4.48. The molecule has 4 nitrogen and oxygen atoms in total. The van der Waals surface area contributed by atoms with Crippen molar-refractivity contribution in [2.75, 3.05) is 12.3 Å². The van der Waals surface area contributed by atoms with Gasteiger partial charge in [-0.2, -0.15) is 5.26 Å². The normalized spacial score (nSPS) is 10.7. The number of nitrogen functional groups attached to an aromatic ring is 1. The average molecular weight is 379 g/mol. The van der Waals surface area contributed by atoms with Crippen molar-refractivity contribution in [2.45, 2.75) is 13.8 Å². The van der Waals surface area contributed by atoms with E-state index < -0.39 is 0 Å². The summed E-state index contributed by atoms with van der Waals surface area (Å²) in [5.74, 6) is 0.958. The van der Waals surface area contributed by atoms with Crippen LogP contribution in [0.15, 0.2) is 66.7 Å². The number of hydrogen-bond acceptors (Lipinski definition) is 4. The van der Waals surface area contributed by atoms with Gasteiger partial charge in [-0.25, -0.2) is 4.98 Å². The van der Waals surface area contributed by atoms with Crippen molar-refractivity contribution in [1.29, 1.82) is 5.26 Å². The van der Waals surface area contributed by atoms with Gasteiger partial charge in [-0.15, -0.1) is 0 Å². The van der Waals surface area contributed by atoms with Crippen LogP contribution < -0.4 is 10.5 Å². The summed E-state index contributed by atoms with van der Waals surface area (Å²) < 4.78 is 6.00. The quantitative estimate of drug-likeness (QED) is 0.491. The summed E-state index contributed by atoms with van der Waals surface area (Å²) >= 11 is 0. The van der Waals surface area contributed by atoms with E-state index in [9.17, 15) is 5.26 Å². The third-order valence-corrected chi connectivity index (χ3v) is 5.02. The highest BCUT2D eigenvalue weighted by atomic mass is 16.5. The first kappa shape index (κ1) is 18.5. The summed E-state index contributed by atoms with van der Waals surface area (Å²) in [6.45, 7) is 4.40. The number of hydrogen-bond donors (Lipinski definition) is 1. The molecule has 0 bridgehead atoms. The maximum absolute atomic E-state index is 10.0. The number of fused-ring (bicyclic) bond motifs is 1. The largest absolute Gasteiger partial charge is 0.493 e. The zero-order valence-corrected chi connectivity index (χ0v) is 16.4. The fraction of sp³-hybridized carbons (Fsp3) is 0.120. The van der Waals surface area contributed by atoms with Gasteiger partial charge in [0.05, 0.1) is 6.61 Å². The molecule has 0 aliphatic heterocycles. The molecule has 0 radical (unpaired) electrons. The van der Waals surface area contributed by atoms with Crippen molar-refractivity contribution in [3.8, 4) is 34.1 Å². The molecule has 1 heterocycles. The Morgan fingerprint density at radius 3 is 2.38 bits per heavy atom. The molecule has 0 spiro atoms. The molecule has 2 N–H and O–H groups in total. The summed E-state index contributed by atoms with van der Waals surface area (Å²) in [6.07, 6.45) is 0. The number of aromatic nitrogens is 1. The lowest BCUT2D eigenvalue weighted by atomic mass is 9.87. The highest BCUT2D eigenvalue weighted by molar-refractivity contribution is 6.06. The van der Waals surface area contributed by atoms with E-state index >= 15 is 0 Å². The van der Waals surface area contributed by atoms with Crippen molar-refractivity contribution in [1.82, 2.24) is 4.98 Å². The minimum Gasteiger partial charge on any atom is -0.493 e. The van der Waals surface area contributed by atoms with Gasteiger partial charge in [-0.3, -0.25) is 0 Å². The Morgan fingerprint density at radius 2 is 1.66 bits per heavy atom. The Kier molecular flexibility index (Phi) is 4.88. The molecule has 4 rings (SSSR count). The molecule has 4 aromatic rings. The van der Waals surface area contributed by atoms with E-state index in [2.05, 4.69) is 23.2 Å².